The molecule has 0 aromatic heterocycles. The van der Waals surface area contributed by atoms with E-state index in [0.29, 0.717) is 6.54 Å². The Balaban J connectivity index is 3.06. The quantitative estimate of drug-likeness (QED) is 0.793. The molecule has 1 rings (SSSR count). The normalized spacial score (nSPS) is 11.8. The molecule has 0 amide bonds. The third kappa shape index (κ3) is 4.16. The second kappa shape index (κ2) is 7.56. The van der Waals surface area contributed by atoms with Gasteiger partial charge in [0.1, 0.15) is 5.82 Å². The third-order valence-corrected chi connectivity index (χ3v) is 4.82. The van der Waals surface area contributed by atoms with Gasteiger partial charge in [0.25, 0.3) is 0 Å². The van der Waals surface area contributed by atoms with Crippen LogP contribution in [0.5, 0.6) is 0 Å². The van der Waals surface area contributed by atoms with Crippen molar-refractivity contribution in [2.75, 3.05) is 31.0 Å². The summed E-state index contributed by atoms with van der Waals surface area (Å²) in [7, 11) is -2.28. The van der Waals surface area contributed by atoms with E-state index in [1.807, 2.05) is 6.92 Å². The summed E-state index contributed by atoms with van der Waals surface area (Å²) in [5.74, 6) is -0.517. The second-order valence-electron chi connectivity index (χ2n) is 4.46. The summed E-state index contributed by atoms with van der Waals surface area (Å²) in [5.41, 5.74) is 0.211. The van der Waals surface area contributed by atoms with Crippen molar-refractivity contribution in [3.63, 3.8) is 0 Å². The van der Waals surface area contributed by atoms with Crippen LogP contribution in [-0.4, -0.2) is 44.6 Å². The van der Waals surface area contributed by atoms with Crippen molar-refractivity contribution >= 4 is 15.9 Å². The van der Waals surface area contributed by atoms with Crippen LogP contribution in [0, 0.1) is 5.82 Å². The smallest absolute Gasteiger partial charge is 0.303 e. The molecule has 7 heteroatoms. The van der Waals surface area contributed by atoms with Crippen LogP contribution in [-0.2, 0) is 10.2 Å². The van der Waals surface area contributed by atoms with E-state index in [0.717, 1.165) is 23.2 Å². The minimum Gasteiger partial charge on any atom is -0.394 e. The van der Waals surface area contributed by atoms with Gasteiger partial charge in [-0.05, 0) is 24.6 Å². The van der Waals surface area contributed by atoms with Crippen LogP contribution in [0.3, 0.4) is 0 Å². The molecule has 0 fully saturated rings. The van der Waals surface area contributed by atoms with Crippen molar-refractivity contribution in [1.29, 1.82) is 0 Å². The van der Waals surface area contributed by atoms with Crippen molar-refractivity contribution in [3.8, 4) is 0 Å². The van der Waals surface area contributed by atoms with E-state index in [9.17, 15) is 12.8 Å². The molecule has 1 N–H and O–H groups in total. The molecule has 0 saturated carbocycles. The molecule has 0 saturated heterocycles. The Kier molecular flexibility index (Phi) is 6.38. The molecule has 0 aliphatic carbocycles. The summed E-state index contributed by atoms with van der Waals surface area (Å²) in [6.45, 7) is 1.91. The van der Waals surface area contributed by atoms with Crippen LogP contribution in [0.4, 0.5) is 10.1 Å². The number of halogens is 1. The lowest BCUT2D eigenvalue weighted by Crippen LogP contribution is -2.43. The van der Waals surface area contributed by atoms with Crippen LogP contribution in [0.25, 0.3) is 0 Å². The summed E-state index contributed by atoms with van der Waals surface area (Å²) in [4.78, 5) is 0. The average molecular weight is 304 g/mol. The van der Waals surface area contributed by atoms with E-state index in [-0.39, 0.29) is 18.8 Å². The van der Waals surface area contributed by atoms with Crippen LogP contribution in [0.1, 0.15) is 19.8 Å². The van der Waals surface area contributed by atoms with E-state index >= 15 is 0 Å². The molecule has 1 aromatic rings. The Morgan fingerprint density at radius 2 is 2.00 bits per heavy atom. The predicted octanol–water partition coefficient (Wildman–Crippen LogP) is 1.60. The molecule has 0 aliphatic rings. The zero-order valence-corrected chi connectivity index (χ0v) is 12.6. The lowest BCUT2D eigenvalue weighted by Gasteiger charge is -2.28. The van der Waals surface area contributed by atoms with Crippen molar-refractivity contribution < 1.29 is 17.9 Å². The maximum atomic E-state index is 13.3. The number of hydrogen-bond donors (Lipinski definition) is 1. The standard InChI is InChI=1S/C13H21FN2O3S/c1-3-4-8-15(2)20(18,19)16(9-10-17)13-7-5-6-12(14)11-13/h5-7,11,17H,3-4,8-10H2,1-2H3. The maximum absolute atomic E-state index is 13.3. The highest BCUT2D eigenvalue weighted by atomic mass is 32.2. The van der Waals surface area contributed by atoms with Gasteiger partial charge in [0, 0.05) is 13.6 Å². The minimum absolute atomic E-state index is 0.109. The molecule has 0 bridgehead atoms. The Morgan fingerprint density at radius 1 is 1.30 bits per heavy atom. The van der Waals surface area contributed by atoms with Crippen molar-refractivity contribution in [2.45, 2.75) is 19.8 Å². The van der Waals surface area contributed by atoms with Gasteiger partial charge < -0.3 is 5.11 Å². The number of unbranched alkanes of at least 4 members (excludes halogenated alkanes) is 1. The van der Waals surface area contributed by atoms with Gasteiger partial charge in [0.15, 0.2) is 0 Å². The van der Waals surface area contributed by atoms with Crippen molar-refractivity contribution in [1.82, 2.24) is 4.31 Å². The maximum Gasteiger partial charge on any atom is 0.303 e. The molecule has 1 aromatic carbocycles. The number of rotatable bonds is 8. The first-order valence-corrected chi connectivity index (χ1v) is 7.93. The molecule has 0 radical (unpaired) electrons. The van der Waals surface area contributed by atoms with Gasteiger partial charge in [-0.3, -0.25) is 4.31 Å². The van der Waals surface area contributed by atoms with Crippen LogP contribution < -0.4 is 4.31 Å². The van der Waals surface area contributed by atoms with Crippen LogP contribution in [0.2, 0.25) is 0 Å². The molecule has 0 heterocycles. The average Bonchev–Trinajstić information content (AvgIpc) is 2.41. The number of aliphatic hydroxyl groups excluding tert-OH is 1. The Morgan fingerprint density at radius 3 is 2.55 bits per heavy atom. The summed E-state index contributed by atoms with van der Waals surface area (Å²) in [6, 6.07) is 5.33. The van der Waals surface area contributed by atoms with Gasteiger partial charge in [-0.1, -0.05) is 19.4 Å². The van der Waals surface area contributed by atoms with Gasteiger partial charge in [-0.15, -0.1) is 0 Å². The SMILES string of the molecule is CCCCN(C)S(=O)(=O)N(CCO)c1cccc(F)c1. The first kappa shape index (κ1) is 16.9. The first-order chi connectivity index (χ1) is 9.43. The highest BCUT2D eigenvalue weighted by Gasteiger charge is 2.26. The van der Waals surface area contributed by atoms with Crippen LogP contribution in [0.15, 0.2) is 24.3 Å². The highest BCUT2D eigenvalue weighted by molar-refractivity contribution is 7.90. The van der Waals surface area contributed by atoms with E-state index in [2.05, 4.69) is 0 Å². The lowest BCUT2D eigenvalue weighted by atomic mass is 10.3. The van der Waals surface area contributed by atoms with E-state index in [4.69, 9.17) is 5.11 Å². The Hall–Kier alpha value is -1.18. The third-order valence-electron chi connectivity index (χ3n) is 2.90. The summed E-state index contributed by atoms with van der Waals surface area (Å²) >= 11 is 0. The van der Waals surface area contributed by atoms with Gasteiger partial charge in [0.05, 0.1) is 18.8 Å². The monoisotopic (exact) mass is 304 g/mol. The topological polar surface area (TPSA) is 60.9 Å². The van der Waals surface area contributed by atoms with E-state index in [1.165, 1.54) is 29.6 Å². The lowest BCUT2D eigenvalue weighted by molar-refractivity contribution is 0.305. The van der Waals surface area contributed by atoms with Crippen LogP contribution >= 0.6 is 0 Å². The van der Waals surface area contributed by atoms with Gasteiger partial charge in [0.2, 0.25) is 0 Å². The molecule has 0 atom stereocenters. The predicted molar refractivity (Wildman–Crippen MR) is 77.3 cm³/mol. The summed E-state index contributed by atoms with van der Waals surface area (Å²) in [6.07, 6.45) is 1.62. The molecule has 0 unspecified atom stereocenters. The van der Waals surface area contributed by atoms with Gasteiger partial charge in [-0.25, -0.2) is 4.39 Å². The Labute approximate surface area is 119 Å². The van der Waals surface area contributed by atoms with Gasteiger partial charge >= 0.3 is 10.2 Å². The highest BCUT2D eigenvalue weighted by Crippen LogP contribution is 2.20. The van der Waals surface area contributed by atoms with Crippen molar-refractivity contribution in [3.05, 3.63) is 30.1 Å². The molecular weight excluding hydrogens is 283 g/mol. The number of aliphatic hydroxyl groups is 1. The summed E-state index contributed by atoms with van der Waals surface area (Å²) in [5, 5.41) is 9.07. The molecule has 0 aliphatic heterocycles. The molecule has 0 spiro atoms. The van der Waals surface area contributed by atoms with E-state index in [1.54, 1.807) is 0 Å². The minimum atomic E-state index is -3.77. The Bertz CT molecular complexity index is 522. The molecule has 5 nitrogen and oxygen atoms in total. The first-order valence-electron chi connectivity index (χ1n) is 6.54. The number of hydrogen-bond acceptors (Lipinski definition) is 3. The van der Waals surface area contributed by atoms with Gasteiger partial charge in [-0.2, -0.15) is 12.7 Å². The molecular formula is C13H21FN2O3S. The molecule has 20 heavy (non-hydrogen) atoms. The summed E-state index contributed by atoms with van der Waals surface area (Å²) < 4.78 is 40.4. The zero-order valence-electron chi connectivity index (χ0n) is 11.8. The fourth-order valence-corrected chi connectivity index (χ4v) is 3.15. The number of nitrogens with zero attached hydrogens (tertiary/aromatic N) is 2. The number of anilines is 1. The fraction of sp³-hybridized carbons (Fsp3) is 0.538. The number of benzene rings is 1. The van der Waals surface area contributed by atoms with Crippen molar-refractivity contribution in [2.24, 2.45) is 0 Å². The largest absolute Gasteiger partial charge is 0.394 e. The zero-order chi connectivity index (χ0) is 15.2. The van der Waals surface area contributed by atoms with E-state index < -0.39 is 16.0 Å². The molecule has 114 valence electrons. The fourth-order valence-electron chi connectivity index (χ4n) is 1.76. The second-order valence-corrected chi connectivity index (χ2v) is 6.42.